The van der Waals surface area contributed by atoms with Gasteiger partial charge in [-0.25, -0.2) is 0 Å². The third kappa shape index (κ3) is 2.82. The van der Waals surface area contributed by atoms with E-state index in [-0.39, 0.29) is 0 Å². The van der Waals surface area contributed by atoms with Crippen LogP contribution in [0.5, 0.6) is 0 Å². The summed E-state index contributed by atoms with van der Waals surface area (Å²) >= 11 is 0. The van der Waals surface area contributed by atoms with Gasteiger partial charge in [0.2, 0.25) is 0 Å². The van der Waals surface area contributed by atoms with E-state index >= 15 is 0 Å². The molecule has 0 saturated carbocycles. The fourth-order valence-electron chi connectivity index (χ4n) is 1.38. The van der Waals surface area contributed by atoms with Crippen LogP contribution in [-0.2, 0) is 4.84 Å². The molecule has 1 saturated heterocycles. The summed E-state index contributed by atoms with van der Waals surface area (Å²) < 4.78 is 0. The molecule has 0 aromatic rings. The van der Waals surface area contributed by atoms with Crippen molar-refractivity contribution in [3.63, 3.8) is 0 Å². The number of nitrogens with one attached hydrogen (secondary N) is 2. The van der Waals surface area contributed by atoms with Crippen LogP contribution in [0.25, 0.3) is 0 Å². The Balaban J connectivity index is 2.16. The van der Waals surface area contributed by atoms with E-state index in [2.05, 4.69) is 23.6 Å². The molecule has 1 aliphatic heterocycles. The number of piperidine rings is 1. The van der Waals surface area contributed by atoms with Gasteiger partial charge in [-0.2, -0.15) is 5.48 Å². The van der Waals surface area contributed by atoms with Gasteiger partial charge < -0.3 is 5.32 Å². The number of hydrogen-bond donors (Lipinski definition) is 2. The van der Waals surface area contributed by atoms with E-state index < -0.39 is 0 Å². The Bertz CT molecular complexity index is 164. The van der Waals surface area contributed by atoms with Gasteiger partial charge in [0.15, 0.2) is 0 Å². The second-order valence-electron chi connectivity index (χ2n) is 3.19. The highest BCUT2D eigenvalue weighted by atomic mass is 16.6. The van der Waals surface area contributed by atoms with Crippen LogP contribution in [0.1, 0.15) is 13.3 Å². The van der Waals surface area contributed by atoms with Gasteiger partial charge >= 0.3 is 0 Å². The first-order chi connectivity index (χ1) is 5.84. The summed E-state index contributed by atoms with van der Waals surface area (Å²) in [5, 5.41) is 3.32. The molecule has 0 bridgehead atoms. The van der Waals surface area contributed by atoms with Crippen LogP contribution in [0, 0.1) is 18.3 Å². The normalized spacial score (nSPS) is 29.7. The molecule has 1 fully saturated rings. The molecule has 1 aliphatic rings. The van der Waals surface area contributed by atoms with Crippen molar-refractivity contribution >= 4 is 0 Å². The molecule has 3 nitrogen and oxygen atoms in total. The molecule has 0 amide bonds. The smallest absolute Gasteiger partial charge is 0.128 e. The molecule has 0 aliphatic carbocycles. The lowest BCUT2D eigenvalue weighted by Crippen LogP contribution is -2.46. The molecular weight excluding hydrogens is 152 g/mol. The van der Waals surface area contributed by atoms with Crippen molar-refractivity contribution in [3.8, 4) is 12.3 Å². The summed E-state index contributed by atoms with van der Waals surface area (Å²) in [4.78, 5) is 5.08. The molecule has 3 heteroatoms. The van der Waals surface area contributed by atoms with Crippen molar-refractivity contribution in [3.05, 3.63) is 0 Å². The van der Waals surface area contributed by atoms with Crippen LogP contribution in [0.15, 0.2) is 0 Å². The lowest BCUT2D eigenvalue weighted by atomic mass is 9.96. The first-order valence-corrected chi connectivity index (χ1v) is 4.36. The first-order valence-electron chi connectivity index (χ1n) is 4.36. The zero-order valence-corrected chi connectivity index (χ0v) is 7.47. The molecule has 2 unspecified atom stereocenters. The molecule has 12 heavy (non-hydrogen) atoms. The highest BCUT2D eigenvalue weighted by Gasteiger charge is 2.20. The Morgan fingerprint density at radius 1 is 1.75 bits per heavy atom. The van der Waals surface area contributed by atoms with Crippen molar-refractivity contribution in [2.45, 2.75) is 19.4 Å². The minimum Gasteiger partial charge on any atom is -0.316 e. The Morgan fingerprint density at radius 3 is 3.25 bits per heavy atom. The predicted molar refractivity (Wildman–Crippen MR) is 48.4 cm³/mol. The van der Waals surface area contributed by atoms with Crippen LogP contribution < -0.4 is 10.8 Å². The molecule has 1 heterocycles. The maximum atomic E-state index is 5.08. The SMILES string of the molecule is C#CCONC1CCNCC1C. The average molecular weight is 168 g/mol. The molecule has 0 aromatic carbocycles. The van der Waals surface area contributed by atoms with E-state index in [1.807, 2.05) is 0 Å². The molecule has 68 valence electrons. The van der Waals surface area contributed by atoms with Crippen molar-refractivity contribution in [2.75, 3.05) is 19.7 Å². The summed E-state index contributed by atoms with van der Waals surface area (Å²) in [6.45, 7) is 4.65. The topological polar surface area (TPSA) is 33.3 Å². The lowest BCUT2D eigenvalue weighted by molar-refractivity contribution is 0.0153. The zero-order valence-electron chi connectivity index (χ0n) is 7.47. The van der Waals surface area contributed by atoms with Gasteiger partial charge in [-0.15, -0.1) is 6.42 Å². The van der Waals surface area contributed by atoms with Gasteiger partial charge in [0.05, 0.1) is 0 Å². The zero-order chi connectivity index (χ0) is 8.81. The van der Waals surface area contributed by atoms with E-state index in [9.17, 15) is 0 Å². The maximum Gasteiger partial charge on any atom is 0.128 e. The van der Waals surface area contributed by atoms with E-state index in [0.29, 0.717) is 18.6 Å². The molecule has 0 aromatic heterocycles. The second kappa shape index (κ2) is 5.15. The minimum atomic E-state index is 0.344. The van der Waals surface area contributed by atoms with Crippen molar-refractivity contribution < 1.29 is 4.84 Å². The summed E-state index contributed by atoms with van der Waals surface area (Å²) in [7, 11) is 0. The van der Waals surface area contributed by atoms with Crippen LogP contribution in [0.4, 0.5) is 0 Å². The highest BCUT2D eigenvalue weighted by Crippen LogP contribution is 2.09. The second-order valence-corrected chi connectivity index (χ2v) is 3.19. The van der Waals surface area contributed by atoms with Crippen LogP contribution in [0.2, 0.25) is 0 Å². The van der Waals surface area contributed by atoms with Crippen LogP contribution in [0.3, 0.4) is 0 Å². The largest absolute Gasteiger partial charge is 0.316 e. The van der Waals surface area contributed by atoms with Gasteiger partial charge in [-0.1, -0.05) is 12.8 Å². The molecule has 2 N–H and O–H groups in total. The third-order valence-corrected chi connectivity index (χ3v) is 2.18. The van der Waals surface area contributed by atoms with Crippen LogP contribution >= 0.6 is 0 Å². The highest BCUT2D eigenvalue weighted by molar-refractivity contribution is 4.83. The first kappa shape index (κ1) is 9.53. The van der Waals surface area contributed by atoms with Gasteiger partial charge in [0.1, 0.15) is 6.61 Å². The Labute approximate surface area is 73.8 Å². The van der Waals surface area contributed by atoms with E-state index in [4.69, 9.17) is 11.3 Å². The standard InChI is InChI=1S/C9H16N2O/c1-3-6-12-11-9-4-5-10-7-8(9)2/h1,8-11H,4-7H2,2H3. The van der Waals surface area contributed by atoms with E-state index in [0.717, 1.165) is 19.5 Å². The van der Waals surface area contributed by atoms with Crippen LogP contribution in [-0.4, -0.2) is 25.7 Å². The summed E-state index contributed by atoms with van der Waals surface area (Å²) in [5.74, 6) is 3.03. The Kier molecular flexibility index (Phi) is 4.09. The van der Waals surface area contributed by atoms with Gasteiger partial charge in [0.25, 0.3) is 0 Å². The fraction of sp³-hybridized carbons (Fsp3) is 0.778. The quantitative estimate of drug-likeness (QED) is 0.357. The summed E-state index contributed by atoms with van der Waals surface area (Å²) in [6, 6.07) is 0.444. The summed E-state index contributed by atoms with van der Waals surface area (Å²) in [5.41, 5.74) is 2.99. The maximum absolute atomic E-state index is 5.08. The number of terminal acetylenes is 1. The summed E-state index contributed by atoms with van der Waals surface area (Å²) in [6.07, 6.45) is 6.15. The van der Waals surface area contributed by atoms with Gasteiger partial charge in [-0.3, -0.25) is 4.84 Å². The molecule has 0 spiro atoms. The molecule has 1 rings (SSSR count). The van der Waals surface area contributed by atoms with Gasteiger partial charge in [0, 0.05) is 6.04 Å². The predicted octanol–water partition coefficient (Wildman–Crippen LogP) is 0.139. The monoisotopic (exact) mass is 168 g/mol. The van der Waals surface area contributed by atoms with E-state index in [1.165, 1.54) is 0 Å². The fourth-order valence-corrected chi connectivity index (χ4v) is 1.38. The Morgan fingerprint density at radius 2 is 2.58 bits per heavy atom. The number of hydrogen-bond acceptors (Lipinski definition) is 3. The Hall–Kier alpha value is -0.560. The number of hydroxylamine groups is 1. The third-order valence-electron chi connectivity index (χ3n) is 2.18. The van der Waals surface area contributed by atoms with E-state index in [1.54, 1.807) is 0 Å². The molecule has 0 radical (unpaired) electrons. The number of rotatable bonds is 3. The minimum absolute atomic E-state index is 0.344. The van der Waals surface area contributed by atoms with Crippen molar-refractivity contribution in [1.82, 2.24) is 10.8 Å². The molecular formula is C9H16N2O. The molecule has 2 atom stereocenters. The average Bonchev–Trinajstić information content (AvgIpc) is 2.09. The van der Waals surface area contributed by atoms with Gasteiger partial charge in [-0.05, 0) is 25.4 Å². The van der Waals surface area contributed by atoms with Crippen molar-refractivity contribution in [1.29, 1.82) is 0 Å². The van der Waals surface area contributed by atoms with Crippen molar-refractivity contribution in [2.24, 2.45) is 5.92 Å². The lowest BCUT2D eigenvalue weighted by Gasteiger charge is -2.29.